The molecule has 432 valence electrons. The fourth-order valence-electron chi connectivity index (χ4n) is 10.4. The first-order chi connectivity index (χ1) is 39.3. The number of carboxylic acid groups (broad SMARTS) is 2. The van der Waals surface area contributed by atoms with E-state index in [4.69, 9.17) is 0 Å². The van der Waals surface area contributed by atoms with Crippen molar-refractivity contribution in [2.24, 2.45) is 0 Å². The van der Waals surface area contributed by atoms with Gasteiger partial charge in [-0.3, -0.25) is 9.59 Å². The molecule has 0 saturated heterocycles. The van der Waals surface area contributed by atoms with Gasteiger partial charge < -0.3 is 60.0 Å². The van der Waals surface area contributed by atoms with E-state index in [-0.39, 0.29) is 159 Å². The second-order valence-corrected chi connectivity index (χ2v) is 20.8. The van der Waals surface area contributed by atoms with Crippen LogP contribution in [0.5, 0.6) is 0 Å². The van der Waals surface area contributed by atoms with Gasteiger partial charge in [-0.05, 0) is 133 Å². The summed E-state index contributed by atoms with van der Waals surface area (Å²) in [5, 5.41) is 69.2. The molecule has 6 aromatic carbocycles. The van der Waals surface area contributed by atoms with Gasteiger partial charge in [-0.1, -0.05) is 125 Å². The van der Waals surface area contributed by atoms with Crippen LogP contribution in [0.2, 0.25) is 0 Å². The molecule has 0 radical (unpaired) electrons. The molecular formula is C66H70CaF2N4Na2O10. The van der Waals surface area contributed by atoms with Crippen molar-refractivity contribution in [3.05, 3.63) is 204 Å². The van der Waals surface area contributed by atoms with Crippen molar-refractivity contribution in [1.29, 1.82) is 0 Å². The monoisotopic (exact) mass is 1200 g/mol. The second-order valence-electron chi connectivity index (χ2n) is 20.8. The van der Waals surface area contributed by atoms with E-state index in [2.05, 4.69) is 10.6 Å². The predicted molar refractivity (Wildman–Crippen MR) is 329 cm³/mol. The fourth-order valence-corrected chi connectivity index (χ4v) is 10.4. The molecule has 2 heterocycles. The summed E-state index contributed by atoms with van der Waals surface area (Å²) in [6, 6.07) is 49.4. The van der Waals surface area contributed by atoms with Crippen LogP contribution < -0.4 is 20.8 Å². The zero-order chi connectivity index (χ0) is 59.0. The van der Waals surface area contributed by atoms with Gasteiger partial charge in [0.15, 0.2) is 0 Å². The number of carbonyl (C=O) groups excluding carboxylic acids is 4. The Kier molecular flexibility index (Phi) is 29.6. The van der Waals surface area contributed by atoms with Gasteiger partial charge in [0.25, 0.3) is 11.8 Å². The molecule has 0 fully saturated rings. The molecule has 19 heteroatoms. The van der Waals surface area contributed by atoms with E-state index in [1.54, 1.807) is 48.5 Å². The molecule has 0 aliphatic heterocycles. The minimum atomic E-state index is -1.39. The molecule has 6 N–H and O–H groups in total. The molecule has 2 amide bonds. The minimum absolute atomic E-state index is 0. The van der Waals surface area contributed by atoms with Crippen LogP contribution in [-0.2, 0) is 22.7 Å². The van der Waals surface area contributed by atoms with Crippen molar-refractivity contribution in [2.45, 2.75) is 116 Å². The van der Waals surface area contributed by atoms with E-state index in [1.807, 2.05) is 134 Å². The Labute approximate surface area is 568 Å². The number of benzene rings is 6. The summed E-state index contributed by atoms with van der Waals surface area (Å²) >= 11 is 0. The van der Waals surface area contributed by atoms with Crippen LogP contribution in [0, 0.1) is 11.6 Å². The van der Waals surface area contributed by atoms with Gasteiger partial charge in [0, 0.05) is 71.8 Å². The molecule has 0 bridgehead atoms. The number of aliphatic hydroxyl groups is 4. The first-order valence-corrected chi connectivity index (χ1v) is 27.3. The van der Waals surface area contributed by atoms with Gasteiger partial charge in [0.05, 0.1) is 46.9 Å². The Balaban J connectivity index is 0.000000352. The zero-order valence-corrected chi connectivity index (χ0v) is 49.1. The zero-order valence-electron chi connectivity index (χ0n) is 46.9. The van der Waals surface area contributed by atoms with Crippen LogP contribution in [0.4, 0.5) is 20.2 Å². The SMILES string of the molecule is CC(C)c1c(C(=O)Nc2ccccc2)c(-c2ccccc2)c(-c2ccc(F)cc2)n1CC[C@@H](O)C[C@@H](O)CC(=O)[O-].CC(C)c1c(C(=O)Nc2ccccc2)c(-c2ccccc2)c(-c2ccc(F)cc2)n1CC[C@@H](O)C[C@@H](O)CC(=O)[O-].[Ca+2].[NaH].[NaH]. The number of halogens is 2. The maximum absolute atomic E-state index is 14.0. The Morgan fingerprint density at radius 2 is 0.741 bits per heavy atom. The Morgan fingerprint density at radius 3 is 1.02 bits per heavy atom. The summed E-state index contributed by atoms with van der Waals surface area (Å²) in [6.07, 6.45) is -5.54. The van der Waals surface area contributed by atoms with Crippen LogP contribution in [0.15, 0.2) is 170 Å². The van der Waals surface area contributed by atoms with Gasteiger partial charge >= 0.3 is 96.9 Å². The van der Waals surface area contributed by atoms with Crippen molar-refractivity contribution >= 4 is 132 Å². The number of hydrogen-bond acceptors (Lipinski definition) is 10. The molecule has 8 rings (SSSR count). The summed E-state index contributed by atoms with van der Waals surface area (Å²) in [5.74, 6) is -4.41. The standard InChI is InChI=1S/2C33H35FN2O5.Ca.2Na.2H/c2*1-21(2)31-30(33(41)35-25-11-7-4-8-12-25)29(22-9-5-3-6-10-22)32(23-13-15-24(34)16-14-23)36(31)18-17-26(37)19-27(38)20-28(39)40;;;;;/h2*3-16,21,26-27,37-38H,17-20H2,1-2H3,(H,35,41)(H,39,40);;;;;/q;;+2;;;;/p-2/t2*26-,27-;;;;;/m11...../s1. The van der Waals surface area contributed by atoms with Gasteiger partial charge in [0.2, 0.25) is 0 Å². The van der Waals surface area contributed by atoms with E-state index in [0.717, 1.165) is 22.5 Å². The molecule has 4 atom stereocenters. The quantitative estimate of drug-likeness (QED) is 0.0317. The molecule has 0 unspecified atom stereocenters. The Hall–Kier alpha value is -5.28. The van der Waals surface area contributed by atoms with Crippen LogP contribution in [0.25, 0.3) is 44.8 Å². The first-order valence-electron chi connectivity index (χ1n) is 27.3. The topological polar surface area (TPSA) is 229 Å². The van der Waals surface area contributed by atoms with Crippen molar-refractivity contribution in [3.8, 4) is 44.8 Å². The average molecular weight is 1200 g/mol. The first kappa shape index (κ1) is 72.2. The summed E-state index contributed by atoms with van der Waals surface area (Å²) in [7, 11) is 0. The number of rotatable bonds is 24. The molecule has 14 nitrogen and oxygen atoms in total. The van der Waals surface area contributed by atoms with Crippen molar-refractivity contribution in [1.82, 2.24) is 9.13 Å². The van der Waals surface area contributed by atoms with Crippen LogP contribution in [0.3, 0.4) is 0 Å². The third kappa shape index (κ3) is 19.9. The molecule has 0 aliphatic carbocycles. The number of hydrogen-bond donors (Lipinski definition) is 6. The number of carbonyl (C=O) groups is 4. The third-order valence-corrected chi connectivity index (χ3v) is 13.8. The number of aromatic nitrogens is 2. The van der Waals surface area contributed by atoms with Gasteiger partial charge in [-0.15, -0.1) is 0 Å². The number of aliphatic carboxylic acids is 2. The van der Waals surface area contributed by atoms with E-state index in [0.29, 0.717) is 56.1 Å². The Bertz CT molecular complexity index is 3180. The molecule has 0 aliphatic rings. The molecular weight excluding hydrogens is 1130 g/mol. The van der Waals surface area contributed by atoms with Crippen molar-refractivity contribution < 1.29 is 58.6 Å². The van der Waals surface area contributed by atoms with Gasteiger partial charge in [-0.25, -0.2) is 8.78 Å². The molecule has 8 aromatic rings. The average Bonchev–Trinajstić information content (AvgIpc) is 2.07. The third-order valence-electron chi connectivity index (χ3n) is 13.8. The summed E-state index contributed by atoms with van der Waals surface area (Å²) < 4.78 is 32.0. The number of aliphatic hydroxyl groups excluding tert-OH is 4. The van der Waals surface area contributed by atoms with Crippen LogP contribution in [0.1, 0.15) is 110 Å². The van der Waals surface area contributed by atoms with Crippen LogP contribution >= 0.6 is 0 Å². The van der Waals surface area contributed by atoms with E-state index >= 15 is 0 Å². The summed E-state index contributed by atoms with van der Waals surface area (Å²) in [4.78, 5) is 49.8. The maximum atomic E-state index is 14.0. The van der Waals surface area contributed by atoms with E-state index < -0.39 is 60.8 Å². The summed E-state index contributed by atoms with van der Waals surface area (Å²) in [5.41, 5.74) is 9.43. The number of amides is 2. The number of anilines is 2. The van der Waals surface area contributed by atoms with Gasteiger partial charge in [-0.2, -0.15) is 0 Å². The van der Waals surface area contributed by atoms with E-state index in [1.165, 1.54) is 24.3 Å². The number of carboxylic acids is 2. The number of nitrogens with one attached hydrogen (secondary N) is 2. The number of para-hydroxylation sites is 2. The molecule has 85 heavy (non-hydrogen) atoms. The molecule has 0 spiro atoms. The van der Waals surface area contributed by atoms with Crippen molar-refractivity contribution in [2.75, 3.05) is 10.6 Å². The fraction of sp³-hybridized carbons (Fsp3) is 0.273. The van der Waals surface area contributed by atoms with Crippen LogP contribution in [-0.4, -0.2) is 175 Å². The van der Waals surface area contributed by atoms with E-state index in [9.17, 15) is 58.6 Å². The molecule has 2 aromatic heterocycles. The number of nitrogens with zero attached hydrogens (tertiary/aromatic N) is 2. The second kappa shape index (κ2) is 34.9. The van der Waals surface area contributed by atoms with Gasteiger partial charge in [0.1, 0.15) is 11.6 Å². The molecule has 0 saturated carbocycles. The van der Waals surface area contributed by atoms with Crippen molar-refractivity contribution in [3.63, 3.8) is 0 Å². The normalized spacial score (nSPS) is 12.3. The predicted octanol–water partition coefficient (Wildman–Crippen LogP) is 8.28. The summed E-state index contributed by atoms with van der Waals surface area (Å²) in [6.45, 7) is 8.45. The Morgan fingerprint density at radius 1 is 0.447 bits per heavy atom.